The lowest BCUT2D eigenvalue weighted by molar-refractivity contribution is 0.142. The van der Waals surface area contributed by atoms with Gasteiger partial charge in [0.1, 0.15) is 0 Å². The molecule has 1 heterocycles. The van der Waals surface area contributed by atoms with E-state index in [1.807, 2.05) is 0 Å². The SMILES string of the molecule is OCC[C@@H](c1ccc2ccc3cccc4ccc1c2c34)N1CCNCC1. The van der Waals surface area contributed by atoms with E-state index in [9.17, 15) is 5.11 Å². The van der Waals surface area contributed by atoms with Crippen molar-refractivity contribution in [2.45, 2.75) is 12.5 Å². The minimum atomic E-state index is 0.219. The van der Waals surface area contributed by atoms with Crippen LogP contribution in [0.2, 0.25) is 0 Å². The average Bonchev–Trinajstić information content (AvgIpc) is 2.71. The van der Waals surface area contributed by atoms with Gasteiger partial charge in [0.15, 0.2) is 0 Å². The molecule has 1 saturated heterocycles. The predicted octanol–water partition coefficient (Wildman–Crippen LogP) is 3.91. The van der Waals surface area contributed by atoms with E-state index in [0.29, 0.717) is 0 Å². The van der Waals surface area contributed by atoms with Gasteiger partial charge in [0.25, 0.3) is 0 Å². The highest BCUT2D eigenvalue weighted by Gasteiger charge is 2.24. The first-order chi connectivity index (χ1) is 12.9. The van der Waals surface area contributed by atoms with Crippen LogP contribution in [-0.2, 0) is 0 Å². The lowest BCUT2D eigenvalue weighted by atomic mass is 9.88. The number of hydrogen-bond acceptors (Lipinski definition) is 3. The molecule has 0 aliphatic carbocycles. The maximum absolute atomic E-state index is 9.73. The van der Waals surface area contributed by atoms with E-state index < -0.39 is 0 Å². The van der Waals surface area contributed by atoms with Crippen LogP contribution in [0.1, 0.15) is 18.0 Å². The van der Waals surface area contributed by atoms with Crippen LogP contribution in [0.3, 0.4) is 0 Å². The molecule has 0 bridgehead atoms. The van der Waals surface area contributed by atoms with Crippen molar-refractivity contribution in [3.63, 3.8) is 0 Å². The Bertz CT molecular complexity index is 1040. The topological polar surface area (TPSA) is 35.5 Å². The molecule has 1 aliphatic rings. The molecule has 3 heteroatoms. The van der Waals surface area contributed by atoms with Gasteiger partial charge in [-0.3, -0.25) is 4.90 Å². The Labute approximate surface area is 153 Å². The highest BCUT2D eigenvalue weighted by atomic mass is 16.3. The summed E-state index contributed by atoms with van der Waals surface area (Å²) < 4.78 is 0. The van der Waals surface area contributed by atoms with Gasteiger partial charge in [-0.2, -0.15) is 0 Å². The summed E-state index contributed by atoms with van der Waals surface area (Å²) in [4.78, 5) is 2.53. The summed E-state index contributed by atoms with van der Waals surface area (Å²) in [5.41, 5.74) is 1.35. The molecule has 26 heavy (non-hydrogen) atoms. The molecule has 4 aromatic carbocycles. The molecule has 0 saturated carbocycles. The molecule has 132 valence electrons. The summed E-state index contributed by atoms with van der Waals surface area (Å²) in [5.74, 6) is 0. The van der Waals surface area contributed by atoms with Gasteiger partial charge in [-0.1, -0.05) is 54.6 Å². The van der Waals surface area contributed by atoms with Crippen LogP contribution < -0.4 is 5.32 Å². The Morgan fingerprint density at radius 1 is 0.846 bits per heavy atom. The van der Waals surface area contributed by atoms with E-state index >= 15 is 0 Å². The lowest BCUT2D eigenvalue weighted by Gasteiger charge is -2.35. The van der Waals surface area contributed by atoms with Gasteiger partial charge in [-0.15, -0.1) is 0 Å². The molecule has 1 fully saturated rings. The number of piperazine rings is 1. The van der Waals surface area contributed by atoms with Gasteiger partial charge in [0.05, 0.1) is 0 Å². The second-order valence-corrected chi connectivity index (χ2v) is 7.32. The summed E-state index contributed by atoms with van der Waals surface area (Å²) in [7, 11) is 0. The monoisotopic (exact) mass is 344 g/mol. The largest absolute Gasteiger partial charge is 0.396 e. The van der Waals surface area contributed by atoms with Crippen molar-refractivity contribution in [2.75, 3.05) is 32.8 Å². The van der Waals surface area contributed by atoms with Gasteiger partial charge < -0.3 is 10.4 Å². The number of hydrogen-bond donors (Lipinski definition) is 2. The van der Waals surface area contributed by atoms with E-state index in [1.165, 1.54) is 37.9 Å². The van der Waals surface area contributed by atoms with E-state index in [-0.39, 0.29) is 12.6 Å². The quantitative estimate of drug-likeness (QED) is 0.551. The first kappa shape index (κ1) is 16.0. The summed E-state index contributed by atoms with van der Waals surface area (Å²) in [6.07, 6.45) is 0.782. The van der Waals surface area contributed by atoms with Crippen LogP contribution in [-0.4, -0.2) is 42.8 Å². The third-order valence-electron chi connectivity index (χ3n) is 5.92. The molecule has 0 unspecified atom stereocenters. The Balaban J connectivity index is 1.76. The van der Waals surface area contributed by atoms with E-state index in [2.05, 4.69) is 64.8 Å². The van der Waals surface area contributed by atoms with Gasteiger partial charge in [-0.25, -0.2) is 0 Å². The number of nitrogens with one attached hydrogen (secondary N) is 1. The number of nitrogens with zero attached hydrogens (tertiary/aromatic N) is 1. The zero-order valence-electron chi connectivity index (χ0n) is 14.9. The molecule has 0 radical (unpaired) electrons. The molecule has 0 spiro atoms. The van der Waals surface area contributed by atoms with Crippen molar-refractivity contribution >= 4 is 32.3 Å². The van der Waals surface area contributed by atoms with Gasteiger partial charge in [0, 0.05) is 38.8 Å². The minimum absolute atomic E-state index is 0.219. The van der Waals surface area contributed by atoms with Crippen LogP contribution in [0.5, 0.6) is 0 Å². The van der Waals surface area contributed by atoms with E-state index in [0.717, 1.165) is 32.6 Å². The molecule has 4 aromatic rings. The average molecular weight is 344 g/mol. The third kappa shape index (κ3) is 2.47. The van der Waals surface area contributed by atoms with Crippen molar-refractivity contribution in [2.24, 2.45) is 0 Å². The van der Waals surface area contributed by atoms with Crippen LogP contribution >= 0.6 is 0 Å². The molecule has 2 N–H and O–H groups in total. The highest BCUT2D eigenvalue weighted by molar-refractivity contribution is 6.23. The standard InChI is InChI=1S/C23H24N2O/c26-15-10-21(25-13-11-24-12-14-25)19-8-6-18-5-4-16-2-1-3-17-7-9-20(19)23(18)22(16)17/h1-9,21,24,26H,10-15H2/t21-/m0/s1. The van der Waals surface area contributed by atoms with Crippen molar-refractivity contribution in [3.05, 3.63) is 60.2 Å². The zero-order valence-corrected chi connectivity index (χ0v) is 14.9. The number of aliphatic hydroxyl groups excluding tert-OH is 1. The van der Waals surface area contributed by atoms with Gasteiger partial charge >= 0.3 is 0 Å². The fraction of sp³-hybridized carbons (Fsp3) is 0.304. The molecule has 5 rings (SSSR count). The molecule has 3 nitrogen and oxygen atoms in total. The normalized spacial score (nSPS) is 17.4. The predicted molar refractivity (Wildman–Crippen MR) is 109 cm³/mol. The maximum Gasteiger partial charge on any atom is 0.0449 e. The lowest BCUT2D eigenvalue weighted by Crippen LogP contribution is -2.45. The van der Waals surface area contributed by atoms with Gasteiger partial charge in [0.2, 0.25) is 0 Å². The first-order valence-electron chi connectivity index (χ1n) is 9.59. The maximum atomic E-state index is 9.73. The van der Waals surface area contributed by atoms with Crippen LogP contribution in [0.25, 0.3) is 32.3 Å². The molecule has 0 amide bonds. The Hall–Kier alpha value is -2.20. The molecular weight excluding hydrogens is 320 g/mol. The van der Waals surface area contributed by atoms with Gasteiger partial charge in [-0.05, 0) is 44.3 Å². The van der Waals surface area contributed by atoms with Crippen molar-refractivity contribution < 1.29 is 5.11 Å². The Morgan fingerprint density at radius 2 is 1.50 bits per heavy atom. The van der Waals surface area contributed by atoms with Crippen molar-refractivity contribution in [3.8, 4) is 0 Å². The summed E-state index contributed by atoms with van der Waals surface area (Å²) in [6, 6.07) is 20.4. The molecular formula is C23H24N2O. The smallest absolute Gasteiger partial charge is 0.0449 e. The second kappa shape index (κ2) is 6.51. The Morgan fingerprint density at radius 3 is 2.23 bits per heavy atom. The molecule has 0 aromatic heterocycles. The van der Waals surface area contributed by atoms with Crippen LogP contribution in [0.4, 0.5) is 0 Å². The summed E-state index contributed by atoms with van der Waals surface area (Å²) in [6.45, 7) is 4.33. The Kier molecular flexibility index (Phi) is 4.01. The number of benzene rings is 4. The minimum Gasteiger partial charge on any atom is -0.396 e. The van der Waals surface area contributed by atoms with Crippen molar-refractivity contribution in [1.82, 2.24) is 10.2 Å². The third-order valence-corrected chi connectivity index (χ3v) is 5.92. The number of aliphatic hydroxyl groups is 1. The first-order valence-corrected chi connectivity index (χ1v) is 9.59. The zero-order chi connectivity index (χ0) is 17.5. The highest BCUT2D eigenvalue weighted by Crippen LogP contribution is 2.39. The van der Waals surface area contributed by atoms with Crippen molar-refractivity contribution in [1.29, 1.82) is 0 Å². The van der Waals surface area contributed by atoms with Crippen LogP contribution in [0, 0.1) is 0 Å². The van der Waals surface area contributed by atoms with E-state index in [1.54, 1.807) is 0 Å². The van der Waals surface area contributed by atoms with E-state index in [4.69, 9.17) is 0 Å². The summed E-state index contributed by atoms with van der Waals surface area (Å²) in [5, 5.41) is 21.2. The number of rotatable bonds is 4. The fourth-order valence-electron chi connectivity index (χ4n) is 4.70. The summed E-state index contributed by atoms with van der Waals surface area (Å²) >= 11 is 0. The van der Waals surface area contributed by atoms with Crippen LogP contribution in [0.15, 0.2) is 54.6 Å². The second-order valence-electron chi connectivity index (χ2n) is 7.32. The fourth-order valence-corrected chi connectivity index (χ4v) is 4.70. The molecule has 1 atom stereocenters. The molecule has 1 aliphatic heterocycles.